The van der Waals surface area contributed by atoms with Crippen LogP contribution in [-0.2, 0) is 0 Å². The average Bonchev–Trinajstić information content (AvgIpc) is 2.92. The molecule has 0 saturated carbocycles. The Morgan fingerprint density at radius 3 is 2.71 bits per heavy atom. The highest BCUT2D eigenvalue weighted by molar-refractivity contribution is 8.03. The number of primary amides is 1. The van der Waals surface area contributed by atoms with Crippen LogP contribution in [-0.4, -0.2) is 24.7 Å². The van der Waals surface area contributed by atoms with Crippen molar-refractivity contribution in [1.29, 1.82) is 0 Å². The maximum Gasteiger partial charge on any atom is 0.248 e. The molecule has 1 aromatic carbocycles. The highest BCUT2D eigenvalue weighted by atomic mass is 32.2. The van der Waals surface area contributed by atoms with E-state index in [1.54, 1.807) is 0 Å². The number of rotatable bonds is 7. The molecule has 1 heterocycles. The van der Waals surface area contributed by atoms with Crippen LogP contribution in [0.5, 0.6) is 0 Å². The number of hydrogen-bond acceptors (Lipinski definition) is 3. The van der Waals surface area contributed by atoms with Crippen molar-refractivity contribution in [2.75, 3.05) is 18.8 Å². The molecule has 1 unspecified atom stereocenters. The molecule has 1 aliphatic rings. The Balaban J connectivity index is 1.86. The fourth-order valence-electron chi connectivity index (χ4n) is 2.32. The summed E-state index contributed by atoms with van der Waals surface area (Å²) in [6.45, 7) is 6.54. The van der Waals surface area contributed by atoms with Crippen molar-refractivity contribution in [3.63, 3.8) is 0 Å². The van der Waals surface area contributed by atoms with Gasteiger partial charge in [0, 0.05) is 23.8 Å². The Morgan fingerprint density at radius 2 is 2.10 bits per heavy atom. The monoisotopic (exact) mass is 304 g/mol. The molecule has 0 aromatic heterocycles. The third kappa shape index (κ3) is 4.90. The van der Waals surface area contributed by atoms with E-state index < -0.39 is 0 Å². The summed E-state index contributed by atoms with van der Waals surface area (Å²) in [5, 5.41) is 3.50. The summed E-state index contributed by atoms with van der Waals surface area (Å²) in [5.41, 5.74) is 7.09. The molecule has 1 atom stereocenters. The van der Waals surface area contributed by atoms with Gasteiger partial charge in [0.1, 0.15) is 0 Å². The molecule has 3 N–H and O–H groups in total. The van der Waals surface area contributed by atoms with Crippen LogP contribution in [0.2, 0.25) is 0 Å². The maximum absolute atomic E-state index is 11.1. The summed E-state index contributed by atoms with van der Waals surface area (Å²) in [7, 11) is 0. The van der Waals surface area contributed by atoms with Gasteiger partial charge in [-0.05, 0) is 41.5 Å². The van der Waals surface area contributed by atoms with E-state index >= 15 is 0 Å². The van der Waals surface area contributed by atoms with Crippen molar-refractivity contribution in [3.05, 3.63) is 46.4 Å². The fraction of sp³-hybridized carbons (Fsp3) is 0.471. The second-order valence-corrected chi connectivity index (χ2v) is 7.04. The lowest BCUT2D eigenvalue weighted by Crippen LogP contribution is -2.18. The van der Waals surface area contributed by atoms with Crippen molar-refractivity contribution >= 4 is 17.7 Å². The Kier molecular flexibility index (Phi) is 5.88. The molecule has 0 aliphatic carbocycles. The molecule has 1 aliphatic heterocycles. The van der Waals surface area contributed by atoms with Gasteiger partial charge in [0.25, 0.3) is 0 Å². The van der Waals surface area contributed by atoms with Crippen molar-refractivity contribution in [1.82, 2.24) is 5.32 Å². The quantitative estimate of drug-likeness (QED) is 0.761. The Hall–Kier alpha value is -1.26. The number of hydrogen-bond donors (Lipinski definition) is 2. The van der Waals surface area contributed by atoms with Crippen LogP contribution in [0.1, 0.15) is 42.1 Å². The van der Waals surface area contributed by atoms with E-state index in [2.05, 4.69) is 25.2 Å². The standard InChI is InChI=1S/C17H24N2OS/c1-12(2)7-8-19-10-16-9-15(11-21-16)13-3-5-14(6-4-13)17(18)20/h3-6,9,12,15,19H,7-8,10-11H2,1-2H3,(H2,18,20). The zero-order valence-corrected chi connectivity index (χ0v) is 13.6. The summed E-state index contributed by atoms with van der Waals surface area (Å²) in [5.74, 6) is 1.91. The molecule has 4 heteroatoms. The zero-order valence-electron chi connectivity index (χ0n) is 12.8. The van der Waals surface area contributed by atoms with E-state index in [0.717, 1.165) is 24.8 Å². The molecule has 21 heavy (non-hydrogen) atoms. The number of nitrogens with two attached hydrogens (primary N) is 1. The van der Waals surface area contributed by atoms with Gasteiger partial charge in [-0.2, -0.15) is 0 Å². The molecule has 1 aromatic rings. The lowest BCUT2D eigenvalue weighted by Gasteiger charge is -2.07. The average molecular weight is 304 g/mol. The first-order chi connectivity index (χ1) is 10.1. The van der Waals surface area contributed by atoms with Crippen LogP contribution < -0.4 is 11.1 Å². The second-order valence-electron chi connectivity index (χ2n) is 5.90. The molecule has 0 fully saturated rings. The molecular weight excluding hydrogens is 280 g/mol. The smallest absolute Gasteiger partial charge is 0.248 e. The molecule has 0 bridgehead atoms. The van der Waals surface area contributed by atoms with Crippen LogP contribution >= 0.6 is 11.8 Å². The topological polar surface area (TPSA) is 55.1 Å². The first-order valence-corrected chi connectivity index (χ1v) is 8.49. The number of allylic oxidation sites excluding steroid dienone is 1. The van der Waals surface area contributed by atoms with Crippen LogP contribution in [0.25, 0.3) is 0 Å². The van der Waals surface area contributed by atoms with Crippen LogP contribution in [0, 0.1) is 5.92 Å². The lowest BCUT2D eigenvalue weighted by atomic mass is 9.99. The minimum atomic E-state index is -0.368. The molecule has 0 saturated heterocycles. The molecule has 0 radical (unpaired) electrons. The number of benzene rings is 1. The predicted octanol–water partition coefficient (Wildman–Crippen LogP) is 3.14. The van der Waals surface area contributed by atoms with Gasteiger partial charge in [-0.25, -0.2) is 0 Å². The number of carbonyl (C=O) groups is 1. The summed E-state index contributed by atoms with van der Waals surface area (Å²) in [4.78, 5) is 12.5. The third-order valence-electron chi connectivity index (χ3n) is 3.66. The Morgan fingerprint density at radius 1 is 1.38 bits per heavy atom. The first-order valence-electron chi connectivity index (χ1n) is 7.50. The highest BCUT2D eigenvalue weighted by Crippen LogP contribution is 2.35. The van der Waals surface area contributed by atoms with E-state index in [4.69, 9.17) is 5.73 Å². The lowest BCUT2D eigenvalue weighted by molar-refractivity contribution is 0.100. The third-order valence-corrected chi connectivity index (χ3v) is 4.83. The van der Waals surface area contributed by atoms with E-state index in [0.29, 0.717) is 11.5 Å². The highest BCUT2D eigenvalue weighted by Gasteiger charge is 2.18. The fourth-order valence-corrected chi connectivity index (χ4v) is 3.46. The van der Waals surface area contributed by atoms with Crippen LogP contribution in [0.4, 0.5) is 0 Å². The predicted molar refractivity (Wildman–Crippen MR) is 90.6 cm³/mol. The zero-order chi connectivity index (χ0) is 15.2. The van der Waals surface area contributed by atoms with Gasteiger partial charge in [0.05, 0.1) is 0 Å². The number of thioether (sulfide) groups is 1. The minimum absolute atomic E-state index is 0.368. The van der Waals surface area contributed by atoms with Crippen molar-refractivity contribution < 1.29 is 4.79 Å². The van der Waals surface area contributed by atoms with E-state index in [1.165, 1.54) is 16.9 Å². The SMILES string of the molecule is CC(C)CCNCC1=CC(c2ccc(C(N)=O)cc2)CS1. The molecule has 3 nitrogen and oxygen atoms in total. The van der Waals surface area contributed by atoms with Crippen LogP contribution in [0.3, 0.4) is 0 Å². The van der Waals surface area contributed by atoms with Gasteiger partial charge >= 0.3 is 0 Å². The van der Waals surface area contributed by atoms with Crippen molar-refractivity contribution in [2.45, 2.75) is 26.2 Å². The minimum Gasteiger partial charge on any atom is -0.366 e. The molecule has 0 spiro atoms. The van der Waals surface area contributed by atoms with Gasteiger partial charge in [-0.15, -0.1) is 11.8 Å². The van der Waals surface area contributed by atoms with E-state index in [1.807, 2.05) is 36.0 Å². The number of carbonyl (C=O) groups excluding carboxylic acids is 1. The number of amides is 1. The van der Waals surface area contributed by atoms with Crippen molar-refractivity contribution in [2.24, 2.45) is 11.7 Å². The summed E-state index contributed by atoms with van der Waals surface area (Å²) in [6.07, 6.45) is 3.56. The normalized spacial score (nSPS) is 18.0. The Bertz CT molecular complexity index is 508. The summed E-state index contributed by atoms with van der Waals surface area (Å²) >= 11 is 1.92. The van der Waals surface area contributed by atoms with Gasteiger partial charge in [-0.1, -0.05) is 32.1 Å². The Labute approximate surface area is 131 Å². The molecule has 1 amide bonds. The number of nitrogens with one attached hydrogen (secondary N) is 1. The van der Waals surface area contributed by atoms with E-state index in [-0.39, 0.29) is 5.91 Å². The molecular formula is C17H24N2OS. The van der Waals surface area contributed by atoms with Gasteiger partial charge in [0.15, 0.2) is 0 Å². The largest absolute Gasteiger partial charge is 0.366 e. The first kappa shape index (κ1) is 16.1. The summed E-state index contributed by atoms with van der Waals surface area (Å²) in [6, 6.07) is 7.65. The molecule has 2 rings (SSSR count). The van der Waals surface area contributed by atoms with Crippen molar-refractivity contribution in [3.8, 4) is 0 Å². The molecule has 114 valence electrons. The van der Waals surface area contributed by atoms with E-state index in [9.17, 15) is 4.79 Å². The summed E-state index contributed by atoms with van der Waals surface area (Å²) < 4.78 is 0. The maximum atomic E-state index is 11.1. The second kappa shape index (κ2) is 7.66. The van der Waals surface area contributed by atoms with Gasteiger partial charge in [0.2, 0.25) is 5.91 Å². The van der Waals surface area contributed by atoms with Crippen LogP contribution in [0.15, 0.2) is 35.2 Å². The van der Waals surface area contributed by atoms with Gasteiger partial charge in [-0.3, -0.25) is 4.79 Å². The van der Waals surface area contributed by atoms with Gasteiger partial charge < -0.3 is 11.1 Å².